The van der Waals surface area contributed by atoms with Gasteiger partial charge in [0, 0.05) is 15.6 Å². The van der Waals surface area contributed by atoms with Crippen LogP contribution in [0.25, 0.3) is 0 Å². The third-order valence-electron chi connectivity index (χ3n) is 3.06. The van der Waals surface area contributed by atoms with Crippen molar-refractivity contribution in [3.8, 4) is 6.19 Å². The lowest BCUT2D eigenvalue weighted by Gasteiger charge is -2.12. The first-order chi connectivity index (χ1) is 12.6. The number of primary amides is 1. The van der Waals surface area contributed by atoms with E-state index in [1.807, 2.05) is 0 Å². The molecule has 2 aromatic rings. The minimum absolute atomic E-state index is 0.110. The Labute approximate surface area is 168 Å². The molecule has 0 saturated carbocycles. The molecule has 0 aliphatic rings. The van der Waals surface area contributed by atoms with Crippen LogP contribution in [0.4, 0.5) is 10.5 Å². The van der Waals surface area contributed by atoms with Crippen molar-refractivity contribution >= 4 is 61.8 Å². The van der Waals surface area contributed by atoms with Crippen LogP contribution in [0.15, 0.2) is 46.2 Å². The average molecular weight is 445 g/mol. The van der Waals surface area contributed by atoms with Gasteiger partial charge in [0.15, 0.2) is 6.19 Å². The first-order valence-corrected chi connectivity index (χ1v) is 9.98. The molecule has 0 aliphatic carbocycles. The van der Waals surface area contributed by atoms with Crippen LogP contribution in [0.1, 0.15) is 10.4 Å². The van der Waals surface area contributed by atoms with Gasteiger partial charge in [-0.2, -0.15) is 5.26 Å². The van der Waals surface area contributed by atoms with Crippen molar-refractivity contribution in [3.63, 3.8) is 0 Å². The molecule has 0 aromatic heterocycles. The van der Waals surface area contributed by atoms with Crippen molar-refractivity contribution in [2.45, 2.75) is 9.79 Å². The maximum absolute atomic E-state index is 12.5. The number of anilines is 1. The molecule has 0 fully saturated rings. The van der Waals surface area contributed by atoms with Crippen molar-refractivity contribution in [3.05, 3.63) is 52.0 Å². The van der Waals surface area contributed by atoms with E-state index >= 15 is 0 Å². The van der Waals surface area contributed by atoms with E-state index in [1.165, 1.54) is 6.19 Å². The van der Waals surface area contributed by atoms with Gasteiger partial charge in [-0.25, -0.2) is 13.1 Å². The molecule has 2 rings (SSSR count). The molecular formula is C15H10Cl2N4O4S2. The Hall–Kier alpha value is -2.45. The summed E-state index contributed by atoms with van der Waals surface area (Å²) in [5.74, 6) is -0.702. The molecule has 4 N–H and O–H groups in total. The number of nitrogens with two attached hydrogens (primary N) is 1. The van der Waals surface area contributed by atoms with Crippen LogP contribution in [0.3, 0.4) is 0 Å². The molecule has 0 unspecified atom stereocenters. The molecule has 2 aromatic carbocycles. The summed E-state index contributed by atoms with van der Waals surface area (Å²) in [7, 11) is -4.33. The summed E-state index contributed by atoms with van der Waals surface area (Å²) in [6.07, 6.45) is 1.29. The molecule has 8 nitrogen and oxygen atoms in total. The van der Waals surface area contributed by atoms with Crippen LogP contribution in [0.5, 0.6) is 0 Å². The van der Waals surface area contributed by atoms with Crippen molar-refractivity contribution in [2.24, 2.45) is 5.73 Å². The van der Waals surface area contributed by atoms with Crippen molar-refractivity contribution < 1.29 is 18.0 Å². The SMILES string of the molecule is N#CNS(=O)(=O)c1cc(C(=O)Nc2ccc(Cl)cc2)c(Cl)cc1SC(N)=O. The van der Waals surface area contributed by atoms with Gasteiger partial charge in [-0.15, -0.1) is 0 Å². The van der Waals surface area contributed by atoms with E-state index in [4.69, 9.17) is 34.2 Å². The fourth-order valence-electron chi connectivity index (χ4n) is 1.95. The Bertz CT molecular complexity index is 1050. The molecule has 0 bridgehead atoms. The molecule has 2 amide bonds. The first-order valence-electron chi connectivity index (χ1n) is 6.92. The summed E-state index contributed by atoms with van der Waals surface area (Å²) >= 11 is 12.2. The quantitative estimate of drug-likeness (QED) is 0.367. The lowest BCUT2D eigenvalue weighted by Crippen LogP contribution is -2.21. The summed E-state index contributed by atoms with van der Waals surface area (Å²) in [6, 6.07) is 8.26. The van der Waals surface area contributed by atoms with Gasteiger partial charge in [0.05, 0.1) is 10.6 Å². The topological polar surface area (TPSA) is 142 Å². The van der Waals surface area contributed by atoms with E-state index in [1.54, 1.807) is 29.0 Å². The highest BCUT2D eigenvalue weighted by Gasteiger charge is 2.24. The zero-order valence-electron chi connectivity index (χ0n) is 13.2. The Kier molecular flexibility index (Phi) is 6.56. The van der Waals surface area contributed by atoms with Gasteiger partial charge in [-0.05, 0) is 48.2 Å². The molecule has 140 valence electrons. The number of rotatable bonds is 5. The number of nitrogens with zero attached hydrogens (tertiary/aromatic N) is 1. The van der Waals surface area contributed by atoms with Gasteiger partial charge in [0.2, 0.25) is 0 Å². The number of thioether (sulfide) groups is 1. The molecule has 0 spiro atoms. The molecule has 0 heterocycles. The average Bonchev–Trinajstić information content (AvgIpc) is 2.56. The van der Waals surface area contributed by atoms with Crippen LogP contribution >= 0.6 is 35.0 Å². The fraction of sp³-hybridized carbons (Fsp3) is 0. The number of benzene rings is 2. The molecule has 0 atom stereocenters. The van der Waals surface area contributed by atoms with Crippen LogP contribution in [0, 0.1) is 11.5 Å². The summed E-state index contributed by atoms with van der Waals surface area (Å²) in [5.41, 5.74) is 5.30. The maximum Gasteiger partial charge on any atom is 0.281 e. The van der Waals surface area contributed by atoms with Crippen molar-refractivity contribution in [1.29, 1.82) is 5.26 Å². The van der Waals surface area contributed by atoms with Gasteiger partial charge in [0.1, 0.15) is 4.90 Å². The number of hydrogen-bond donors (Lipinski definition) is 3. The second-order valence-corrected chi connectivity index (χ2v) is 8.42. The lowest BCUT2D eigenvalue weighted by atomic mass is 10.2. The fourth-order valence-corrected chi connectivity index (χ4v) is 4.23. The number of carbonyl (C=O) groups is 2. The Morgan fingerprint density at radius 2 is 1.78 bits per heavy atom. The third-order valence-corrected chi connectivity index (χ3v) is 5.79. The van der Waals surface area contributed by atoms with Crippen molar-refractivity contribution in [1.82, 2.24) is 4.72 Å². The summed E-state index contributed by atoms with van der Waals surface area (Å²) in [4.78, 5) is 23.0. The second-order valence-electron chi connectivity index (χ2n) is 4.88. The van der Waals surface area contributed by atoms with E-state index < -0.39 is 26.1 Å². The smallest absolute Gasteiger partial charge is 0.281 e. The van der Waals surface area contributed by atoms with Crippen molar-refractivity contribution in [2.75, 3.05) is 5.32 Å². The maximum atomic E-state index is 12.5. The Morgan fingerprint density at radius 3 is 2.33 bits per heavy atom. The first kappa shape index (κ1) is 20.9. The van der Waals surface area contributed by atoms with Gasteiger partial charge in [-0.1, -0.05) is 23.2 Å². The summed E-state index contributed by atoms with van der Waals surface area (Å²) < 4.78 is 26.1. The largest absolute Gasteiger partial charge is 0.360 e. The Morgan fingerprint density at radius 1 is 1.15 bits per heavy atom. The molecular weight excluding hydrogens is 435 g/mol. The van der Waals surface area contributed by atoms with E-state index in [9.17, 15) is 18.0 Å². The Balaban J connectivity index is 2.50. The minimum atomic E-state index is -4.33. The molecule has 0 radical (unpaired) electrons. The minimum Gasteiger partial charge on any atom is -0.360 e. The van der Waals surface area contributed by atoms with Gasteiger partial charge >= 0.3 is 0 Å². The molecule has 0 saturated heterocycles. The standard InChI is InChI=1S/C15H10Cl2N4O4S2/c16-8-1-3-9(4-2-8)21-14(22)10-5-13(27(24,25)20-7-18)12(6-11(10)17)26-15(19)23/h1-6,20H,(H2,19,23)(H,21,22). The van der Waals surface area contributed by atoms with E-state index in [0.29, 0.717) is 22.5 Å². The number of hydrogen-bond acceptors (Lipinski definition) is 6. The van der Waals surface area contributed by atoms with E-state index in [0.717, 1.165) is 12.1 Å². The second kappa shape index (κ2) is 8.49. The van der Waals surface area contributed by atoms with E-state index in [2.05, 4.69) is 5.32 Å². The van der Waals surface area contributed by atoms with Crippen LogP contribution < -0.4 is 15.8 Å². The predicted molar refractivity (Wildman–Crippen MR) is 102 cm³/mol. The van der Waals surface area contributed by atoms with E-state index in [-0.39, 0.29) is 15.5 Å². The number of sulfonamides is 1. The van der Waals surface area contributed by atoms with Crippen LogP contribution in [-0.2, 0) is 10.0 Å². The van der Waals surface area contributed by atoms with Gasteiger partial charge < -0.3 is 11.1 Å². The van der Waals surface area contributed by atoms with Gasteiger partial charge in [-0.3, -0.25) is 9.59 Å². The predicted octanol–water partition coefficient (Wildman–Crippen LogP) is 3.18. The highest BCUT2D eigenvalue weighted by molar-refractivity contribution is 8.13. The number of nitriles is 1. The van der Waals surface area contributed by atoms with Crippen LogP contribution in [-0.4, -0.2) is 19.6 Å². The third kappa shape index (κ3) is 5.27. The normalized spacial score (nSPS) is 10.7. The number of carbonyl (C=O) groups excluding carboxylic acids is 2. The zero-order valence-corrected chi connectivity index (χ0v) is 16.3. The molecule has 27 heavy (non-hydrogen) atoms. The van der Waals surface area contributed by atoms with Gasteiger partial charge in [0.25, 0.3) is 21.2 Å². The summed E-state index contributed by atoms with van der Waals surface area (Å²) in [6.45, 7) is 0. The number of amides is 2. The lowest BCUT2D eigenvalue weighted by molar-refractivity contribution is 0.102. The zero-order chi connectivity index (χ0) is 20.2. The monoisotopic (exact) mass is 444 g/mol. The number of nitrogens with one attached hydrogen (secondary N) is 2. The molecule has 12 heteroatoms. The number of halogens is 2. The summed E-state index contributed by atoms with van der Waals surface area (Å²) in [5, 5.41) is 10.6. The highest BCUT2D eigenvalue weighted by Crippen LogP contribution is 2.32. The van der Waals surface area contributed by atoms with Crippen LogP contribution in [0.2, 0.25) is 10.0 Å². The molecule has 0 aliphatic heterocycles. The highest BCUT2D eigenvalue weighted by atomic mass is 35.5.